The topological polar surface area (TPSA) is 83.9 Å². The van der Waals surface area contributed by atoms with E-state index in [9.17, 15) is 19.5 Å². The predicted molar refractivity (Wildman–Crippen MR) is 94.9 cm³/mol. The molecule has 1 aliphatic carbocycles. The largest absolute Gasteiger partial charge is 0.469 e. The van der Waals surface area contributed by atoms with Crippen molar-refractivity contribution < 1.29 is 24.2 Å². The Morgan fingerprint density at radius 1 is 1.35 bits per heavy atom. The molecule has 2 rings (SSSR count). The smallest absolute Gasteiger partial charge is 0.308 e. The Bertz CT molecular complexity index is 751. The second kappa shape index (κ2) is 8.15. The molecule has 0 spiro atoms. The number of carbonyl (C=O) groups is 3. The van der Waals surface area contributed by atoms with Crippen molar-refractivity contribution in [2.45, 2.75) is 44.2 Å². The summed E-state index contributed by atoms with van der Waals surface area (Å²) < 4.78 is 4.52. The van der Waals surface area contributed by atoms with Crippen LogP contribution in [-0.4, -0.2) is 46.9 Å². The molecule has 0 bridgehead atoms. The lowest BCUT2D eigenvalue weighted by molar-refractivity contribution is -0.157. The zero-order valence-electron chi connectivity index (χ0n) is 15.0. The fourth-order valence-corrected chi connectivity index (χ4v) is 3.30. The van der Waals surface area contributed by atoms with Gasteiger partial charge in [-0.15, -0.1) is 6.42 Å². The van der Waals surface area contributed by atoms with Crippen molar-refractivity contribution in [3.63, 3.8) is 0 Å². The van der Waals surface area contributed by atoms with Gasteiger partial charge in [-0.3, -0.25) is 14.4 Å². The molecule has 2 unspecified atom stereocenters. The molecule has 2 atom stereocenters. The molecule has 1 aromatic carbocycles. The summed E-state index contributed by atoms with van der Waals surface area (Å²) in [6, 6.07) is 7.61. The molecule has 0 saturated heterocycles. The van der Waals surface area contributed by atoms with Gasteiger partial charge in [-0.1, -0.05) is 30.2 Å². The van der Waals surface area contributed by atoms with Crippen molar-refractivity contribution in [1.82, 2.24) is 4.90 Å². The number of aryl methyl sites for hydroxylation is 1. The summed E-state index contributed by atoms with van der Waals surface area (Å²) in [5, 5.41) is 10.6. The first-order valence-corrected chi connectivity index (χ1v) is 8.43. The Morgan fingerprint density at radius 3 is 2.65 bits per heavy atom. The van der Waals surface area contributed by atoms with Crippen molar-refractivity contribution >= 4 is 17.7 Å². The van der Waals surface area contributed by atoms with Gasteiger partial charge in [0.15, 0.2) is 5.78 Å². The normalized spacial score (nSPS) is 17.5. The van der Waals surface area contributed by atoms with Gasteiger partial charge in [-0.25, -0.2) is 0 Å². The summed E-state index contributed by atoms with van der Waals surface area (Å²) in [5.41, 5.74) is 0.0777. The van der Waals surface area contributed by atoms with Crippen LogP contribution in [0.3, 0.4) is 0 Å². The number of aliphatic hydroxyl groups is 1. The molecule has 1 amide bonds. The maximum absolute atomic E-state index is 12.9. The van der Waals surface area contributed by atoms with Gasteiger partial charge < -0.3 is 14.7 Å². The number of amides is 1. The molecule has 26 heavy (non-hydrogen) atoms. The number of benzene rings is 1. The number of fused-ring (bicyclic) bond motifs is 1. The molecule has 0 aliphatic heterocycles. The van der Waals surface area contributed by atoms with Crippen molar-refractivity contribution in [2.24, 2.45) is 0 Å². The summed E-state index contributed by atoms with van der Waals surface area (Å²) in [6.45, 7) is 1.21. The summed E-state index contributed by atoms with van der Waals surface area (Å²) in [7, 11) is 1.16. The Kier molecular flexibility index (Phi) is 6.17. The van der Waals surface area contributed by atoms with Crippen LogP contribution in [0.2, 0.25) is 0 Å². The fraction of sp³-hybridized carbons (Fsp3) is 0.450. The molecule has 0 heterocycles. The average molecular weight is 357 g/mol. The maximum Gasteiger partial charge on any atom is 0.308 e. The minimum atomic E-state index is -2.10. The Hall–Kier alpha value is -2.65. The van der Waals surface area contributed by atoms with E-state index < -0.39 is 36.1 Å². The van der Waals surface area contributed by atoms with Gasteiger partial charge >= 0.3 is 5.97 Å². The summed E-state index contributed by atoms with van der Waals surface area (Å²) in [5.74, 6) is 0.582. The molecular weight excluding hydrogens is 334 g/mol. The molecule has 6 heteroatoms. The number of methoxy groups -OCH3 is 1. The van der Waals surface area contributed by atoms with Gasteiger partial charge in [0.05, 0.1) is 32.5 Å². The lowest BCUT2D eigenvalue weighted by Gasteiger charge is -2.31. The van der Waals surface area contributed by atoms with Crippen molar-refractivity contribution in [3.05, 3.63) is 35.4 Å². The van der Waals surface area contributed by atoms with E-state index in [0.29, 0.717) is 0 Å². The molecule has 1 aromatic rings. The molecule has 6 nitrogen and oxygen atoms in total. The number of rotatable bonds is 7. The first-order chi connectivity index (χ1) is 12.3. The van der Waals surface area contributed by atoms with Crippen LogP contribution in [-0.2, 0) is 25.5 Å². The fourth-order valence-electron chi connectivity index (χ4n) is 3.30. The molecular formula is C20H23NO5. The number of hydrogen-bond acceptors (Lipinski definition) is 5. The molecule has 138 valence electrons. The number of nitrogens with zero attached hydrogens (tertiary/aromatic N) is 1. The number of esters is 1. The van der Waals surface area contributed by atoms with Gasteiger partial charge in [-0.05, 0) is 30.9 Å². The number of Topliss-reactive ketones (excluding diaryl/α,β-unsaturated/α-hetero) is 1. The van der Waals surface area contributed by atoms with E-state index in [1.807, 2.05) is 24.3 Å². The van der Waals surface area contributed by atoms with Crippen LogP contribution < -0.4 is 0 Å². The molecule has 1 N–H and O–H groups in total. The number of hydrogen-bond donors (Lipinski definition) is 1. The second-order valence-corrected chi connectivity index (χ2v) is 6.50. The number of terminal acetylenes is 1. The van der Waals surface area contributed by atoms with Crippen molar-refractivity contribution in [2.75, 3.05) is 13.7 Å². The van der Waals surface area contributed by atoms with Crippen LogP contribution in [0.1, 0.15) is 43.4 Å². The van der Waals surface area contributed by atoms with Crippen LogP contribution >= 0.6 is 0 Å². The van der Waals surface area contributed by atoms with E-state index >= 15 is 0 Å². The molecule has 0 fully saturated rings. The third-order valence-electron chi connectivity index (χ3n) is 4.82. The predicted octanol–water partition coefficient (Wildman–Crippen LogP) is 1.41. The molecule has 0 aromatic heterocycles. The van der Waals surface area contributed by atoms with Crippen LogP contribution in [0.4, 0.5) is 0 Å². The van der Waals surface area contributed by atoms with E-state index in [1.165, 1.54) is 4.90 Å². The Morgan fingerprint density at radius 2 is 2.04 bits per heavy atom. The van der Waals surface area contributed by atoms with Crippen molar-refractivity contribution in [1.29, 1.82) is 0 Å². The number of ether oxygens (including phenoxy) is 1. The Balaban J connectivity index is 2.25. The van der Waals surface area contributed by atoms with E-state index in [1.54, 1.807) is 0 Å². The zero-order valence-corrected chi connectivity index (χ0v) is 15.0. The minimum Gasteiger partial charge on any atom is -0.469 e. The SMILES string of the molecule is C#CCN(C(=O)CC(O)(CC(=O)OC)C(C)=O)C1CCc2ccccc21. The van der Waals surface area contributed by atoms with Gasteiger partial charge in [-0.2, -0.15) is 0 Å². The Labute approximate surface area is 153 Å². The highest BCUT2D eigenvalue weighted by Gasteiger charge is 2.41. The number of ketones is 1. The highest BCUT2D eigenvalue weighted by molar-refractivity contribution is 5.94. The van der Waals surface area contributed by atoms with Gasteiger partial charge in [0.25, 0.3) is 0 Å². The zero-order chi connectivity index (χ0) is 19.3. The maximum atomic E-state index is 12.9. The quantitative estimate of drug-likeness (QED) is 0.589. The van der Waals surface area contributed by atoms with Crippen LogP contribution in [0, 0.1) is 12.3 Å². The summed E-state index contributed by atoms with van der Waals surface area (Å²) in [6.07, 6.45) is 5.90. The average Bonchev–Trinajstić information content (AvgIpc) is 3.03. The standard InChI is InChI=1S/C20H23NO5/c1-4-11-21(17-10-9-15-7-5-6-8-16(15)17)18(23)12-20(25,14(2)22)13-19(24)26-3/h1,5-8,17,25H,9-13H2,2-3H3. The highest BCUT2D eigenvalue weighted by Crippen LogP contribution is 2.36. The molecule has 0 radical (unpaired) electrons. The first-order valence-electron chi connectivity index (χ1n) is 8.43. The lowest BCUT2D eigenvalue weighted by Crippen LogP contribution is -2.46. The third-order valence-corrected chi connectivity index (χ3v) is 4.82. The highest BCUT2D eigenvalue weighted by atomic mass is 16.5. The van der Waals surface area contributed by atoms with Crippen LogP contribution in [0.15, 0.2) is 24.3 Å². The molecule has 0 saturated carbocycles. The summed E-state index contributed by atoms with van der Waals surface area (Å²) in [4.78, 5) is 37.8. The summed E-state index contributed by atoms with van der Waals surface area (Å²) >= 11 is 0. The van der Waals surface area contributed by atoms with E-state index in [2.05, 4.69) is 10.7 Å². The van der Waals surface area contributed by atoms with Gasteiger partial charge in [0.2, 0.25) is 5.91 Å². The first kappa shape index (κ1) is 19.7. The van der Waals surface area contributed by atoms with Gasteiger partial charge in [0.1, 0.15) is 5.60 Å². The third kappa shape index (κ3) is 4.12. The van der Waals surface area contributed by atoms with Crippen molar-refractivity contribution in [3.8, 4) is 12.3 Å². The van der Waals surface area contributed by atoms with E-state index in [0.717, 1.165) is 38.0 Å². The molecule has 1 aliphatic rings. The second-order valence-electron chi connectivity index (χ2n) is 6.50. The van der Waals surface area contributed by atoms with Gasteiger partial charge in [0, 0.05) is 0 Å². The minimum absolute atomic E-state index is 0.0596. The number of carbonyl (C=O) groups excluding carboxylic acids is 3. The van der Waals surface area contributed by atoms with E-state index in [4.69, 9.17) is 6.42 Å². The van der Waals surface area contributed by atoms with Crippen LogP contribution in [0.25, 0.3) is 0 Å². The monoisotopic (exact) mass is 357 g/mol. The van der Waals surface area contributed by atoms with Crippen LogP contribution in [0.5, 0.6) is 0 Å². The lowest BCUT2D eigenvalue weighted by atomic mass is 9.90. The van der Waals surface area contributed by atoms with E-state index in [-0.39, 0.29) is 12.6 Å².